The minimum Gasteiger partial charge on any atom is -0.493 e. The van der Waals surface area contributed by atoms with E-state index in [1.54, 1.807) is 41.2 Å². The molecule has 0 spiro atoms. The van der Waals surface area contributed by atoms with Crippen LogP contribution in [0.4, 0.5) is 0 Å². The van der Waals surface area contributed by atoms with E-state index in [0.29, 0.717) is 39.5 Å². The van der Waals surface area contributed by atoms with Crippen molar-refractivity contribution in [2.75, 3.05) is 34.5 Å². The smallest absolute Gasteiger partial charge is 0.338 e. The lowest BCUT2D eigenvalue weighted by molar-refractivity contribution is 0.0525. The molecular formula is C25H25NO7. The van der Waals surface area contributed by atoms with Crippen molar-refractivity contribution in [2.24, 2.45) is 0 Å². The molecule has 0 atom stereocenters. The maximum Gasteiger partial charge on any atom is 0.338 e. The first-order valence-corrected chi connectivity index (χ1v) is 10.5. The Labute approximate surface area is 190 Å². The fraction of sp³-hybridized carbons (Fsp3) is 0.280. The van der Waals surface area contributed by atoms with Crippen LogP contribution in [-0.2, 0) is 9.47 Å². The van der Waals surface area contributed by atoms with Gasteiger partial charge in [0.1, 0.15) is 0 Å². The van der Waals surface area contributed by atoms with Gasteiger partial charge in [-0.15, -0.1) is 0 Å². The molecule has 0 aliphatic heterocycles. The normalized spacial score (nSPS) is 11.1. The van der Waals surface area contributed by atoms with Gasteiger partial charge in [-0.3, -0.25) is 0 Å². The topological polar surface area (TPSA) is 96.1 Å². The number of carbonyl (C=O) groups is 2. The van der Waals surface area contributed by atoms with Crippen LogP contribution >= 0.6 is 0 Å². The molecular weight excluding hydrogens is 426 g/mol. The Balaban J connectivity index is 2.10. The van der Waals surface area contributed by atoms with Crippen LogP contribution in [-0.4, -0.2) is 51.5 Å². The molecule has 8 heteroatoms. The maximum atomic E-state index is 12.8. The first-order chi connectivity index (χ1) is 16.0. The zero-order valence-corrected chi connectivity index (χ0v) is 19.2. The van der Waals surface area contributed by atoms with Crippen LogP contribution in [0.5, 0.6) is 17.2 Å². The van der Waals surface area contributed by atoms with Crippen LogP contribution in [0.3, 0.4) is 0 Å². The highest BCUT2D eigenvalue weighted by molar-refractivity contribution is 6.15. The molecule has 2 aliphatic rings. The molecule has 0 unspecified atom stereocenters. The van der Waals surface area contributed by atoms with Crippen LogP contribution in [0.25, 0.3) is 32.9 Å². The summed E-state index contributed by atoms with van der Waals surface area (Å²) in [7, 11) is 4.66. The monoisotopic (exact) mass is 451 g/mol. The number of esters is 2. The van der Waals surface area contributed by atoms with E-state index >= 15 is 0 Å². The summed E-state index contributed by atoms with van der Waals surface area (Å²) in [5.74, 6) is 0.460. The van der Waals surface area contributed by atoms with Crippen molar-refractivity contribution in [3.63, 3.8) is 0 Å². The zero-order chi connectivity index (χ0) is 23.7. The summed E-state index contributed by atoms with van der Waals surface area (Å²) in [6, 6.07) is 8.86. The number of hydrogen-bond acceptors (Lipinski definition) is 7. The van der Waals surface area contributed by atoms with Crippen LogP contribution in [0.15, 0.2) is 30.3 Å². The molecule has 1 aromatic heterocycles. The molecule has 2 aliphatic carbocycles. The standard InChI is InChI=1S/C25H25NO7/c1-6-32-24(27)15-11-16(25(28)33-7-2)14-10-17-18(9-8-13(14)15)26-19-12-20(29-3)22(30-4)23(31-5)21(17)19/h8-12,26H,6-7H2,1-5H3. The van der Waals surface area contributed by atoms with Crippen LogP contribution in [0.1, 0.15) is 34.6 Å². The van der Waals surface area contributed by atoms with Crippen molar-refractivity contribution in [1.29, 1.82) is 0 Å². The van der Waals surface area contributed by atoms with Gasteiger partial charge >= 0.3 is 11.9 Å². The van der Waals surface area contributed by atoms with E-state index in [-0.39, 0.29) is 13.2 Å². The van der Waals surface area contributed by atoms with Gasteiger partial charge < -0.3 is 28.7 Å². The molecule has 2 aromatic rings. The molecule has 0 amide bonds. The lowest BCUT2D eigenvalue weighted by Crippen LogP contribution is -2.05. The van der Waals surface area contributed by atoms with E-state index in [1.807, 2.05) is 18.2 Å². The van der Waals surface area contributed by atoms with Crippen molar-refractivity contribution >= 4 is 33.7 Å². The van der Waals surface area contributed by atoms with Gasteiger partial charge in [-0.2, -0.15) is 0 Å². The number of carbonyl (C=O) groups excluding carboxylic acids is 2. The third-order valence-corrected chi connectivity index (χ3v) is 5.51. The first kappa shape index (κ1) is 22.3. The molecule has 0 saturated carbocycles. The van der Waals surface area contributed by atoms with Gasteiger partial charge in [-0.1, -0.05) is 6.07 Å². The SMILES string of the molecule is CCOC(=O)c1cc(C(=O)OCC)c2cc3c(ccc1-2)[nH]c1cc(OC)c(OC)c(OC)c13. The number of H-pyrrole nitrogens is 1. The minimum absolute atomic E-state index is 0.215. The number of rotatable bonds is 7. The summed E-state index contributed by atoms with van der Waals surface area (Å²) >= 11 is 0. The number of methoxy groups -OCH3 is 3. The minimum atomic E-state index is -0.511. The van der Waals surface area contributed by atoms with Crippen molar-refractivity contribution < 1.29 is 33.3 Å². The fourth-order valence-electron chi connectivity index (χ4n) is 4.14. The fourth-order valence-corrected chi connectivity index (χ4v) is 4.14. The summed E-state index contributed by atoms with van der Waals surface area (Å²) in [4.78, 5) is 28.7. The number of ether oxygens (including phenoxy) is 5. The Morgan fingerprint density at radius 3 is 1.97 bits per heavy atom. The first-order valence-electron chi connectivity index (χ1n) is 10.5. The average molecular weight is 451 g/mol. The number of benzene rings is 1. The van der Waals surface area contributed by atoms with Crippen LogP contribution < -0.4 is 14.2 Å². The van der Waals surface area contributed by atoms with E-state index in [4.69, 9.17) is 23.7 Å². The molecule has 33 heavy (non-hydrogen) atoms. The van der Waals surface area contributed by atoms with E-state index < -0.39 is 11.9 Å². The van der Waals surface area contributed by atoms with Gasteiger partial charge in [0, 0.05) is 17.0 Å². The molecule has 0 fully saturated rings. The summed E-state index contributed by atoms with van der Waals surface area (Å²) < 4.78 is 27.2. The number of aromatic nitrogens is 1. The van der Waals surface area contributed by atoms with E-state index in [2.05, 4.69) is 4.98 Å². The van der Waals surface area contributed by atoms with Gasteiger partial charge in [0.05, 0.1) is 56.6 Å². The van der Waals surface area contributed by atoms with E-state index in [9.17, 15) is 9.59 Å². The number of hydrogen-bond donors (Lipinski definition) is 1. The second-order valence-corrected chi connectivity index (χ2v) is 7.24. The van der Waals surface area contributed by atoms with Crippen LogP contribution in [0, 0.1) is 0 Å². The predicted octanol–water partition coefficient (Wildman–Crippen LogP) is 4.81. The Morgan fingerprint density at radius 1 is 0.758 bits per heavy atom. The Hall–Kier alpha value is -3.94. The number of nitrogens with one attached hydrogen (secondary N) is 1. The molecule has 4 rings (SSSR count). The summed E-state index contributed by atoms with van der Waals surface area (Å²) in [6.07, 6.45) is 0. The highest BCUT2D eigenvalue weighted by Gasteiger charge is 2.27. The lowest BCUT2D eigenvalue weighted by atomic mass is 10.1. The van der Waals surface area contributed by atoms with Crippen molar-refractivity contribution in [3.05, 3.63) is 41.5 Å². The second-order valence-electron chi connectivity index (χ2n) is 7.24. The largest absolute Gasteiger partial charge is 0.493 e. The molecule has 8 nitrogen and oxygen atoms in total. The third-order valence-electron chi connectivity index (χ3n) is 5.51. The van der Waals surface area contributed by atoms with E-state index in [1.165, 1.54) is 6.07 Å². The molecule has 1 N–H and O–H groups in total. The number of aromatic amines is 1. The van der Waals surface area contributed by atoms with Crippen molar-refractivity contribution in [2.45, 2.75) is 13.8 Å². The Morgan fingerprint density at radius 2 is 1.39 bits per heavy atom. The molecule has 1 aromatic carbocycles. The zero-order valence-electron chi connectivity index (χ0n) is 19.2. The van der Waals surface area contributed by atoms with Gasteiger partial charge in [-0.05, 0) is 43.2 Å². The number of fused-ring (bicyclic) bond motifs is 4. The predicted molar refractivity (Wildman–Crippen MR) is 124 cm³/mol. The van der Waals surface area contributed by atoms with Crippen molar-refractivity contribution in [1.82, 2.24) is 4.98 Å². The third kappa shape index (κ3) is 3.57. The molecule has 0 bridgehead atoms. The Kier molecular flexibility index (Phi) is 6.00. The average Bonchev–Trinajstić information content (AvgIpc) is 3.29. The molecule has 172 valence electrons. The molecule has 0 saturated heterocycles. The van der Waals surface area contributed by atoms with Gasteiger partial charge in [0.15, 0.2) is 11.5 Å². The van der Waals surface area contributed by atoms with E-state index in [0.717, 1.165) is 21.8 Å². The highest BCUT2D eigenvalue weighted by Crippen LogP contribution is 2.47. The summed E-state index contributed by atoms with van der Waals surface area (Å²) in [6.45, 7) is 3.91. The summed E-state index contributed by atoms with van der Waals surface area (Å²) in [5.41, 5.74) is 3.32. The summed E-state index contributed by atoms with van der Waals surface area (Å²) in [5, 5.41) is 1.54. The van der Waals surface area contributed by atoms with Gasteiger partial charge in [0.2, 0.25) is 5.75 Å². The lowest BCUT2D eigenvalue weighted by Gasteiger charge is -2.13. The Bertz CT molecular complexity index is 1340. The second kappa shape index (κ2) is 8.90. The molecule has 1 heterocycles. The quantitative estimate of drug-likeness (QED) is 0.403. The maximum absolute atomic E-state index is 12.8. The van der Waals surface area contributed by atoms with Crippen LogP contribution in [0.2, 0.25) is 0 Å². The van der Waals surface area contributed by atoms with Gasteiger partial charge in [0.25, 0.3) is 0 Å². The van der Waals surface area contributed by atoms with Gasteiger partial charge in [-0.25, -0.2) is 9.59 Å². The molecule has 0 radical (unpaired) electrons. The van der Waals surface area contributed by atoms with Crippen molar-refractivity contribution in [3.8, 4) is 28.4 Å². The highest BCUT2D eigenvalue weighted by atomic mass is 16.5.